The Morgan fingerprint density at radius 3 is 1.86 bits per heavy atom. The Morgan fingerprint density at radius 2 is 1.36 bits per heavy atom. The highest BCUT2D eigenvalue weighted by atomic mass is 16.5. The maximum absolute atomic E-state index is 13.9. The van der Waals surface area contributed by atoms with Gasteiger partial charge in [-0.15, -0.1) is 0 Å². The predicted octanol–water partition coefficient (Wildman–Crippen LogP) is 6.19. The molecule has 5 amide bonds. The van der Waals surface area contributed by atoms with Gasteiger partial charge in [0, 0.05) is 25.6 Å². The number of rotatable bonds is 14. The Balaban J connectivity index is 1.14. The van der Waals surface area contributed by atoms with Crippen LogP contribution in [0.3, 0.4) is 0 Å². The molecule has 7 atom stereocenters. The number of hydrogen-bond donors (Lipinski definition) is 5. The first kappa shape index (κ1) is 41.9. The van der Waals surface area contributed by atoms with Crippen LogP contribution in [0.25, 0.3) is 33.6 Å². The van der Waals surface area contributed by atoms with Crippen LogP contribution in [0.1, 0.15) is 84.0 Å². The summed E-state index contributed by atoms with van der Waals surface area (Å²) in [6, 6.07) is 13.7. The van der Waals surface area contributed by atoms with E-state index in [0.29, 0.717) is 25.4 Å². The van der Waals surface area contributed by atoms with E-state index in [1.807, 2.05) is 51.7 Å². The van der Waals surface area contributed by atoms with Crippen LogP contribution >= 0.6 is 0 Å². The summed E-state index contributed by atoms with van der Waals surface area (Å²) >= 11 is 0. The number of hydrogen-bond acceptors (Lipinski definition) is 8. The van der Waals surface area contributed by atoms with Gasteiger partial charge in [0.2, 0.25) is 11.8 Å². The Kier molecular flexibility index (Phi) is 13.2. The van der Waals surface area contributed by atoms with Crippen molar-refractivity contribution in [3.63, 3.8) is 0 Å². The van der Waals surface area contributed by atoms with Crippen LogP contribution in [0.5, 0.6) is 0 Å². The van der Waals surface area contributed by atoms with Crippen molar-refractivity contribution in [1.82, 2.24) is 40.4 Å². The molecule has 7 unspecified atom stereocenters. The number of ether oxygens (including phenoxy) is 2. The summed E-state index contributed by atoms with van der Waals surface area (Å²) in [6.45, 7) is 10.7. The van der Waals surface area contributed by atoms with Crippen LogP contribution < -0.4 is 16.4 Å². The van der Waals surface area contributed by atoms with Gasteiger partial charge in [-0.05, 0) is 60.3 Å². The normalized spacial score (nSPS) is 20.8. The minimum absolute atomic E-state index is 0.00344. The maximum Gasteiger partial charge on any atom is 0.407 e. The lowest BCUT2D eigenvalue weighted by Crippen LogP contribution is -2.53. The van der Waals surface area contributed by atoms with Gasteiger partial charge >= 0.3 is 12.1 Å². The van der Waals surface area contributed by atoms with Gasteiger partial charge in [-0.3, -0.25) is 9.59 Å². The molecule has 0 bridgehead atoms. The number of likely N-dealkylation sites (tertiary alicyclic amines) is 2. The number of nitrogens with two attached hydrogens (primary N) is 1. The zero-order valence-electron chi connectivity index (χ0n) is 34.5. The zero-order chi connectivity index (χ0) is 41.7. The van der Waals surface area contributed by atoms with Crippen molar-refractivity contribution in [3.05, 3.63) is 72.6 Å². The van der Waals surface area contributed by atoms with E-state index in [0.717, 1.165) is 58.7 Å². The maximum atomic E-state index is 13.9. The smallest absolute Gasteiger partial charge is 0.407 e. The van der Waals surface area contributed by atoms with Crippen LogP contribution in [-0.2, 0) is 19.1 Å². The highest BCUT2D eigenvalue weighted by molar-refractivity contribution is 5.88. The van der Waals surface area contributed by atoms with Crippen LogP contribution in [0, 0.1) is 17.8 Å². The first-order valence-electron chi connectivity index (χ1n) is 20.2. The average Bonchev–Trinajstić information content (AvgIpc) is 4.05. The van der Waals surface area contributed by atoms with E-state index in [1.54, 1.807) is 24.4 Å². The standard InChI is InChI=1S/C43H57N9O6/c1-8-25(4)37(50-43(56)58-7)41(54)52-26(5)9-18-34(52)38-45-20-32(47-38)30-14-10-28(11-15-30)29-12-16-31(17-13-29)33-21-46-39(48-33)35-19-27(23-57-6)22-51(35)40(53)36(24(2)3)49-42(44)55/h10-17,20-21,24-27,34-37H,8-9,18-19,22-23H2,1-7H3,(H,45,47)(H,46,48)(H,50,56)(H3,44,49,55). The highest BCUT2D eigenvalue weighted by Gasteiger charge is 2.43. The van der Waals surface area contributed by atoms with Gasteiger partial charge in [-0.25, -0.2) is 19.6 Å². The number of benzene rings is 2. The SMILES string of the molecule is CCC(C)C(NC(=O)OC)C(=O)N1C(C)CCC1c1ncc(-c2ccc(-c3ccc(-c4cnc(C5CC(COC)CN5C(=O)C(NC(N)=O)C(C)C)[nH]4)cc3)cc2)[nH]1. The number of nitrogens with one attached hydrogen (secondary N) is 4. The number of amides is 5. The minimum atomic E-state index is -0.745. The molecule has 0 saturated carbocycles. The number of carbonyl (C=O) groups excluding carboxylic acids is 4. The number of carbonyl (C=O) groups is 4. The molecule has 6 N–H and O–H groups in total. The second kappa shape index (κ2) is 18.3. The monoisotopic (exact) mass is 795 g/mol. The molecule has 2 aliphatic rings. The van der Waals surface area contributed by atoms with Gasteiger partial charge in [0.15, 0.2) is 0 Å². The molecule has 2 aliphatic heterocycles. The van der Waals surface area contributed by atoms with Crippen LogP contribution in [0.2, 0.25) is 0 Å². The molecule has 58 heavy (non-hydrogen) atoms. The Labute approximate surface area is 339 Å². The third-order valence-electron chi connectivity index (χ3n) is 11.7. The zero-order valence-corrected chi connectivity index (χ0v) is 34.5. The van der Waals surface area contributed by atoms with Gasteiger partial charge in [0.1, 0.15) is 23.7 Å². The van der Waals surface area contributed by atoms with Gasteiger partial charge in [0.05, 0.1) is 49.6 Å². The summed E-state index contributed by atoms with van der Waals surface area (Å²) in [7, 11) is 2.95. The second-order valence-electron chi connectivity index (χ2n) is 16.0. The number of nitrogens with zero attached hydrogens (tertiary/aromatic N) is 4. The van der Waals surface area contributed by atoms with E-state index < -0.39 is 24.2 Å². The molecular formula is C43H57N9O6. The van der Waals surface area contributed by atoms with Crippen molar-refractivity contribution < 1.29 is 28.7 Å². The van der Waals surface area contributed by atoms with Gasteiger partial charge < -0.3 is 45.6 Å². The topological polar surface area (TPSA) is 201 Å². The van der Waals surface area contributed by atoms with Crippen molar-refractivity contribution in [2.75, 3.05) is 27.4 Å². The van der Waals surface area contributed by atoms with E-state index in [1.165, 1.54) is 7.11 Å². The minimum Gasteiger partial charge on any atom is -0.453 e. The quantitative estimate of drug-likeness (QED) is 0.0995. The van der Waals surface area contributed by atoms with E-state index in [-0.39, 0.29) is 47.7 Å². The van der Waals surface area contributed by atoms with Gasteiger partial charge in [-0.2, -0.15) is 0 Å². The first-order chi connectivity index (χ1) is 27.8. The highest BCUT2D eigenvalue weighted by Crippen LogP contribution is 2.38. The number of alkyl carbamates (subject to hydrolysis) is 1. The fourth-order valence-electron chi connectivity index (χ4n) is 8.27. The molecule has 6 rings (SSSR count). The number of aromatic nitrogens is 4. The lowest BCUT2D eigenvalue weighted by atomic mass is 9.97. The summed E-state index contributed by atoms with van der Waals surface area (Å²) in [6.07, 6.45) is 5.98. The average molecular weight is 796 g/mol. The molecule has 2 aromatic heterocycles. The fraction of sp³-hybridized carbons (Fsp3) is 0.488. The van der Waals surface area contributed by atoms with Crippen LogP contribution in [0.4, 0.5) is 9.59 Å². The largest absolute Gasteiger partial charge is 0.453 e. The van der Waals surface area contributed by atoms with E-state index in [4.69, 9.17) is 25.2 Å². The predicted molar refractivity (Wildman–Crippen MR) is 220 cm³/mol. The van der Waals surface area contributed by atoms with Crippen molar-refractivity contribution in [3.8, 4) is 33.6 Å². The summed E-state index contributed by atoms with van der Waals surface area (Å²) in [5, 5.41) is 5.39. The van der Waals surface area contributed by atoms with Crippen molar-refractivity contribution in [2.45, 2.75) is 90.5 Å². The van der Waals surface area contributed by atoms with Crippen molar-refractivity contribution >= 4 is 23.9 Å². The molecule has 2 fully saturated rings. The molecule has 2 saturated heterocycles. The van der Waals surface area contributed by atoms with Crippen molar-refractivity contribution in [1.29, 1.82) is 0 Å². The van der Waals surface area contributed by atoms with Gasteiger partial charge in [0.25, 0.3) is 0 Å². The van der Waals surface area contributed by atoms with E-state index >= 15 is 0 Å². The summed E-state index contributed by atoms with van der Waals surface area (Å²) in [4.78, 5) is 71.5. The van der Waals surface area contributed by atoms with Gasteiger partial charge in [-0.1, -0.05) is 82.6 Å². The number of aromatic amines is 2. The summed E-state index contributed by atoms with van der Waals surface area (Å²) in [5.41, 5.74) is 11.1. The molecule has 310 valence electrons. The number of imidazole rings is 2. The number of methoxy groups -OCH3 is 2. The molecule has 0 radical (unpaired) electrons. The molecule has 4 aromatic rings. The summed E-state index contributed by atoms with van der Waals surface area (Å²) in [5.74, 6) is 0.982. The Bertz CT molecular complexity index is 2040. The number of urea groups is 1. The van der Waals surface area contributed by atoms with E-state index in [9.17, 15) is 19.2 Å². The lowest BCUT2D eigenvalue weighted by molar-refractivity contribution is -0.137. The van der Waals surface area contributed by atoms with Crippen LogP contribution in [0.15, 0.2) is 60.9 Å². The van der Waals surface area contributed by atoms with Crippen molar-refractivity contribution in [2.24, 2.45) is 23.5 Å². The molecule has 15 nitrogen and oxygen atoms in total. The van der Waals surface area contributed by atoms with E-state index in [2.05, 4.69) is 57.0 Å². The number of primary amides is 1. The third kappa shape index (κ3) is 9.04. The lowest BCUT2D eigenvalue weighted by Gasteiger charge is -2.33. The molecule has 15 heteroatoms. The summed E-state index contributed by atoms with van der Waals surface area (Å²) < 4.78 is 10.3. The van der Waals surface area contributed by atoms with Crippen LogP contribution in [-0.4, -0.2) is 99.2 Å². The molecule has 4 heterocycles. The third-order valence-corrected chi connectivity index (χ3v) is 11.7. The fourth-order valence-corrected chi connectivity index (χ4v) is 8.27. The Hall–Kier alpha value is -5.70. The molecule has 0 spiro atoms. The molecule has 0 aliphatic carbocycles. The number of H-pyrrole nitrogens is 2. The molecular weight excluding hydrogens is 739 g/mol. The first-order valence-corrected chi connectivity index (χ1v) is 20.2. The Morgan fingerprint density at radius 1 is 0.810 bits per heavy atom. The molecule has 2 aromatic carbocycles. The second-order valence-corrected chi connectivity index (χ2v) is 16.0.